The first-order valence-corrected chi connectivity index (χ1v) is 4.86. The molecule has 4 heteroatoms. The molecule has 0 unspecified atom stereocenters. The van der Waals surface area contributed by atoms with E-state index in [9.17, 15) is 0 Å². The summed E-state index contributed by atoms with van der Waals surface area (Å²) in [7, 11) is 1.67. The van der Waals surface area contributed by atoms with Gasteiger partial charge in [-0.05, 0) is 30.7 Å². The molecular formula is C10H12ClNOS. The molecule has 2 N–H and O–H groups in total. The van der Waals surface area contributed by atoms with Gasteiger partial charge >= 0.3 is 0 Å². The number of fused-ring (bicyclic) bond motifs is 1. The minimum Gasteiger partial charge on any atom is -0.497 e. The minimum absolute atomic E-state index is 0. The Balaban J connectivity index is 0.000000980. The molecule has 14 heavy (non-hydrogen) atoms. The van der Waals surface area contributed by atoms with Crippen molar-refractivity contribution in [2.75, 3.05) is 12.8 Å². The number of benzene rings is 1. The highest BCUT2D eigenvalue weighted by atomic mass is 35.5. The monoisotopic (exact) mass is 229 g/mol. The van der Waals surface area contributed by atoms with E-state index in [1.807, 2.05) is 25.1 Å². The number of rotatable bonds is 1. The topological polar surface area (TPSA) is 35.2 Å². The van der Waals surface area contributed by atoms with Gasteiger partial charge in [0.1, 0.15) is 5.75 Å². The first-order valence-electron chi connectivity index (χ1n) is 4.05. The highest BCUT2D eigenvalue weighted by Crippen LogP contribution is 2.34. The fourth-order valence-electron chi connectivity index (χ4n) is 1.35. The third-order valence-electron chi connectivity index (χ3n) is 2.18. The molecule has 2 aromatic rings. The van der Waals surface area contributed by atoms with Crippen LogP contribution in [0.2, 0.25) is 0 Å². The highest BCUT2D eigenvalue weighted by Gasteiger charge is 2.05. The standard InChI is InChI=1S/C10H11NOS.ClH/c1-6-8-5-7(12-2)3-4-9(8)13-10(6)11;/h3-5H,11H2,1-2H3;1H. The number of hydrogen-bond donors (Lipinski definition) is 1. The molecule has 0 saturated carbocycles. The maximum absolute atomic E-state index is 5.82. The Morgan fingerprint density at radius 2 is 2.07 bits per heavy atom. The van der Waals surface area contributed by atoms with Crippen molar-refractivity contribution in [2.24, 2.45) is 0 Å². The van der Waals surface area contributed by atoms with Crippen LogP contribution in [0.3, 0.4) is 0 Å². The minimum atomic E-state index is 0. The van der Waals surface area contributed by atoms with Gasteiger partial charge in [0.25, 0.3) is 0 Å². The summed E-state index contributed by atoms with van der Waals surface area (Å²) < 4.78 is 6.37. The maximum atomic E-state index is 5.82. The molecule has 0 aliphatic rings. The number of aryl methyl sites for hydroxylation is 1. The summed E-state index contributed by atoms with van der Waals surface area (Å²) in [6, 6.07) is 6.03. The molecule has 2 nitrogen and oxygen atoms in total. The Morgan fingerprint density at radius 1 is 1.36 bits per heavy atom. The number of halogens is 1. The second-order valence-electron chi connectivity index (χ2n) is 2.95. The Bertz CT molecular complexity index is 453. The van der Waals surface area contributed by atoms with Crippen molar-refractivity contribution in [3.05, 3.63) is 23.8 Å². The molecule has 0 atom stereocenters. The van der Waals surface area contributed by atoms with E-state index >= 15 is 0 Å². The lowest BCUT2D eigenvalue weighted by Gasteiger charge is -1.98. The molecule has 1 heterocycles. The van der Waals surface area contributed by atoms with E-state index < -0.39 is 0 Å². The summed E-state index contributed by atoms with van der Waals surface area (Å²) in [5.74, 6) is 0.883. The molecule has 0 aliphatic carbocycles. The molecule has 0 radical (unpaired) electrons. The smallest absolute Gasteiger partial charge is 0.119 e. The zero-order valence-electron chi connectivity index (χ0n) is 8.03. The van der Waals surface area contributed by atoms with Crippen molar-refractivity contribution in [3.8, 4) is 5.75 Å². The van der Waals surface area contributed by atoms with Gasteiger partial charge in [-0.2, -0.15) is 0 Å². The number of nitrogens with two attached hydrogens (primary N) is 1. The van der Waals surface area contributed by atoms with Crippen LogP contribution in [0.1, 0.15) is 5.56 Å². The van der Waals surface area contributed by atoms with Crippen LogP contribution in [0.15, 0.2) is 18.2 Å². The quantitative estimate of drug-likeness (QED) is 0.815. The van der Waals surface area contributed by atoms with Gasteiger partial charge in [0.2, 0.25) is 0 Å². The Hall–Kier alpha value is -0.930. The fraction of sp³-hybridized carbons (Fsp3) is 0.200. The van der Waals surface area contributed by atoms with Gasteiger partial charge in [0, 0.05) is 10.1 Å². The van der Waals surface area contributed by atoms with Crippen molar-refractivity contribution in [2.45, 2.75) is 6.92 Å². The summed E-state index contributed by atoms with van der Waals surface area (Å²) >= 11 is 1.62. The number of ether oxygens (including phenoxy) is 1. The second kappa shape index (κ2) is 4.07. The van der Waals surface area contributed by atoms with Gasteiger partial charge in [-0.25, -0.2) is 0 Å². The van der Waals surface area contributed by atoms with Gasteiger partial charge in [0.05, 0.1) is 12.1 Å². The van der Waals surface area contributed by atoms with Crippen LogP contribution in [-0.2, 0) is 0 Å². The molecule has 0 aliphatic heterocycles. The predicted octanol–water partition coefficient (Wildman–Crippen LogP) is 3.22. The lowest BCUT2D eigenvalue weighted by molar-refractivity contribution is 0.415. The zero-order valence-corrected chi connectivity index (χ0v) is 9.67. The van der Waals surface area contributed by atoms with E-state index in [1.165, 1.54) is 10.1 Å². The van der Waals surface area contributed by atoms with Crippen LogP contribution in [0.4, 0.5) is 5.00 Å². The van der Waals surface area contributed by atoms with Gasteiger partial charge < -0.3 is 10.5 Å². The first kappa shape index (κ1) is 11.1. The van der Waals surface area contributed by atoms with Crippen molar-refractivity contribution < 1.29 is 4.74 Å². The maximum Gasteiger partial charge on any atom is 0.119 e. The van der Waals surface area contributed by atoms with Crippen LogP contribution in [0.25, 0.3) is 10.1 Å². The average molecular weight is 230 g/mol. The number of anilines is 1. The SMILES string of the molecule is COc1ccc2sc(N)c(C)c2c1.Cl. The third kappa shape index (κ3) is 1.65. The molecule has 2 rings (SSSR count). The molecule has 1 aromatic carbocycles. The van der Waals surface area contributed by atoms with Crippen molar-refractivity contribution in [1.82, 2.24) is 0 Å². The number of nitrogen functional groups attached to an aromatic ring is 1. The molecule has 0 bridgehead atoms. The summed E-state index contributed by atoms with van der Waals surface area (Å²) in [4.78, 5) is 0. The molecule has 1 aromatic heterocycles. The van der Waals surface area contributed by atoms with Crippen molar-refractivity contribution >= 4 is 38.8 Å². The lowest BCUT2D eigenvalue weighted by atomic mass is 10.2. The molecular weight excluding hydrogens is 218 g/mol. The third-order valence-corrected chi connectivity index (χ3v) is 3.28. The van der Waals surface area contributed by atoms with Gasteiger partial charge in [-0.3, -0.25) is 0 Å². The van der Waals surface area contributed by atoms with Gasteiger partial charge in [-0.15, -0.1) is 23.7 Å². The summed E-state index contributed by atoms with van der Waals surface area (Å²) in [6.45, 7) is 2.04. The lowest BCUT2D eigenvalue weighted by Crippen LogP contribution is -1.82. The molecule has 0 spiro atoms. The van der Waals surface area contributed by atoms with Crippen LogP contribution < -0.4 is 10.5 Å². The molecule has 0 fully saturated rings. The summed E-state index contributed by atoms with van der Waals surface area (Å²) in [6.07, 6.45) is 0. The first-order chi connectivity index (χ1) is 6.22. The average Bonchev–Trinajstić information content (AvgIpc) is 2.43. The Kier molecular flexibility index (Phi) is 3.24. The van der Waals surface area contributed by atoms with E-state index in [0.29, 0.717) is 0 Å². The van der Waals surface area contributed by atoms with E-state index in [4.69, 9.17) is 10.5 Å². The van der Waals surface area contributed by atoms with Gasteiger partial charge in [0.15, 0.2) is 0 Å². The van der Waals surface area contributed by atoms with Crippen molar-refractivity contribution in [1.29, 1.82) is 0 Å². The normalized spacial score (nSPS) is 9.86. The van der Waals surface area contributed by atoms with E-state index in [2.05, 4.69) is 0 Å². The van der Waals surface area contributed by atoms with Crippen molar-refractivity contribution in [3.63, 3.8) is 0 Å². The zero-order chi connectivity index (χ0) is 9.42. The molecule has 76 valence electrons. The number of methoxy groups -OCH3 is 1. The fourth-order valence-corrected chi connectivity index (χ4v) is 2.30. The number of hydrogen-bond acceptors (Lipinski definition) is 3. The Labute approximate surface area is 93.1 Å². The van der Waals surface area contributed by atoms with E-state index in [-0.39, 0.29) is 12.4 Å². The van der Waals surface area contributed by atoms with Crippen LogP contribution >= 0.6 is 23.7 Å². The highest BCUT2D eigenvalue weighted by molar-refractivity contribution is 7.22. The van der Waals surface area contributed by atoms with Crippen LogP contribution in [-0.4, -0.2) is 7.11 Å². The Morgan fingerprint density at radius 3 is 2.71 bits per heavy atom. The van der Waals surface area contributed by atoms with E-state index in [1.54, 1.807) is 18.4 Å². The molecule has 0 amide bonds. The largest absolute Gasteiger partial charge is 0.497 e. The second-order valence-corrected chi connectivity index (χ2v) is 4.04. The predicted molar refractivity (Wildman–Crippen MR) is 64.8 cm³/mol. The summed E-state index contributed by atoms with van der Waals surface area (Å²) in [5.41, 5.74) is 6.97. The van der Waals surface area contributed by atoms with Gasteiger partial charge in [-0.1, -0.05) is 0 Å². The van der Waals surface area contributed by atoms with Crippen LogP contribution in [0.5, 0.6) is 5.75 Å². The molecule has 0 saturated heterocycles. The van der Waals surface area contributed by atoms with E-state index in [0.717, 1.165) is 16.3 Å². The van der Waals surface area contributed by atoms with Crippen LogP contribution in [0, 0.1) is 6.92 Å². The number of thiophene rings is 1. The summed E-state index contributed by atoms with van der Waals surface area (Å²) in [5, 5.41) is 2.09.